The van der Waals surface area contributed by atoms with Crippen molar-refractivity contribution in [2.75, 3.05) is 51.3 Å². The molecule has 33 heavy (non-hydrogen) atoms. The second kappa shape index (κ2) is 10.2. The van der Waals surface area contributed by atoms with Crippen molar-refractivity contribution in [2.45, 2.75) is 25.2 Å². The maximum Gasteiger partial charge on any atom is 0.248 e. The van der Waals surface area contributed by atoms with Gasteiger partial charge in [0.15, 0.2) is 5.76 Å². The molecule has 1 aliphatic rings. The van der Waals surface area contributed by atoms with E-state index in [0.717, 1.165) is 5.69 Å². The van der Waals surface area contributed by atoms with Crippen molar-refractivity contribution in [3.8, 4) is 5.75 Å². The van der Waals surface area contributed by atoms with Crippen LogP contribution in [0.25, 0.3) is 0 Å². The lowest BCUT2D eigenvalue weighted by Gasteiger charge is -2.35. The van der Waals surface area contributed by atoms with Crippen molar-refractivity contribution in [1.29, 1.82) is 0 Å². The number of nitrogens with zero attached hydrogens (tertiary/aromatic N) is 4. The summed E-state index contributed by atoms with van der Waals surface area (Å²) in [4.78, 5) is 27.8. The van der Waals surface area contributed by atoms with Gasteiger partial charge in [-0.25, -0.2) is 8.42 Å². The lowest BCUT2D eigenvalue weighted by atomic mass is 10.2. The SMILES string of the molecule is COc1ccc(N(CCC(N)=O)CC(=O)N2CCN(S(=O)(=O)c3c(C)noc3C)CC2)cc1. The standard InChI is InChI=1S/C21H29N5O6S/c1-15-21(16(2)32-23-15)33(29,30)26-12-10-24(11-13-26)20(28)14-25(9-8-19(22)27)17-4-6-18(31-3)7-5-17/h4-7H,8-14H2,1-3H3,(H2,22,27). The Balaban J connectivity index is 1.66. The van der Waals surface area contributed by atoms with Crippen LogP contribution in [0.3, 0.4) is 0 Å². The zero-order chi connectivity index (χ0) is 24.2. The molecule has 0 bridgehead atoms. The summed E-state index contributed by atoms with van der Waals surface area (Å²) in [7, 11) is -2.19. The van der Waals surface area contributed by atoms with E-state index in [0.29, 0.717) is 11.4 Å². The van der Waals surface area contributed by atoms with Crippen LogP contribution in [-0.2, 0) is 19.6 Å². The molecule has 3 rings (SSSR count). The van der Waals surface area contributed by atoms with E-state index in [9.17, 15) is 18.0 Å². The molecule has 12 heteroatoms. The number of benzene rings is 1. The van der Waals surface area contributed by atoms with Crippen molar-refractivity contribution in [3.63, 3.8) is 0 Å². The number of hydrogen-bond donors (Lipinski definition) is 1. The Labute approximate surface area is 193 Å². The molecule has 0 atom stereocenters. The molecule has 0 radical (unpaired) electrons. The molecule has 1 fully saturated rings. The molecule has 180 valence electrons. The van der Waals surface area contributed by atoms with Crippen LogP contribution in [0.5, 0.6) is 5.75 Å². The van der Waals surface area contributed by atoms with Gasteiger partial charge >= 0.3 is 0 Å². The van der Waals surface area contributed by atoms with E-state index in [-0.39, 0.29) is 62.3 Å². The molecular formula is C21H29N5O6S. The van der Waals surface area contributed by atoms with Gasteiger partial charge in [0, 0.05) is 44.8 Å². The fraction of sp³-hybridized carbons (Fsp3) is 0.476. The zero-order valence-electron chi connectivity index (χ0n) is 19.0. The number of nitrogens with two attached hydrogens (primary N) is 1. The van der Waals surface area contributed by atoms with Crippen LogP contribution in [0.4, 0.5) is 5.69 Å². The molecule has 11 nitrogen and oxygen atoms in total. The molecule has 0 spiro atoms. The summed E-state index contributed by atoms with van der Waals surface area (Å²) < 4.78 is 37.5. The van der Waals surface area contributed by atoms with Crippen molar-refractivity contribution >= 4 is 27.5 Å². The Kier molecular flexibility index (Phi) is 7.59. The molecule has 2 amide bonds. The minimum atomic E-state index is -3.75. The number of methoxy groups -OCH3 is 1. The molecule has 0 unspecified atom stereocenters. The summed E-state index contributed by atoms with van der Waals surface area (Å²) in [5, 5.41) is 3.73. The molecule has 2 N–H and O–H groups in total. The largest absolute Gasteiger partial charge is 0.497 e. The topological polar surface area (TPSA) is 139 Å². The Morgan fingerprint density at radius 1 is 1.15 bits per heavy atom. The van der Waals surface area contributed by atoms with E-state index < -0.39 is 15.9 Å². The van der Waals surface area contributed by atoms with Gasteiger partial charge in [0.2, 0.25) is 21.8 Å². The van der Waals surface area contributed by atoms with Crippen molar-refractivity contribution < 1.29 is 27.3 Å². The van der Waals surface area contributed by atoms with E-state index in [1.54, 1.807) is 55.0 Å². The summed E-state index contributed by atoms with van der Waals surface area (Å²) in [6.45, 7) is 4.32. The number of amides is 2. The first-order chi connectivity index (χ1) is 15.6. The molecule has 0 aliphatic carbocycles. The third-order valence-electron chi connectivity index (χ3n) is 5.55. The van der Waals surface area contributed by atoms with Gasteiger partial charge in [-0.1, -0.05) is 5.16 Å². The summed E-state index contributed by atoms with van der Waals surface area (Å²) in [5.74, 6) is 0.301. The van der Waals surface area contributed by atoms with Crippen LogP contribution in [0.15, 0.2) is 33.7 Å². The number of hydrogen-bond acceptors (Lipinski definition) is 8. The fourth-order valence-electron chi connectivity index (χ4n) is 3.75. The fourth-order valence-corrected chi connectivity index (χ4v) is 5.46. The van der Waals surface area contributed by atoms with Gasteiger partial charge in [-0.05, 0) is 38.1 Å². The molecule has 1 saturated heterocycles. The lowest BCUT2D eigenvalue weighted by molar-refractivity contribution is -0.131. The molecular weight excluding hydrogens is 450 g/mol. The maximum absolute atomic E-state index is 13.0. The first-order valence-electron chi connectivity index (χ1n) is 10.5. The lowest BCUT2D eigenvalue weighted by Crippen LogP contribution is -2.52. The number of carbonyl (C=O) groups excluding carboxylic acids is 2. The number of rotatable bonds is 9. The number of carbonyl (C=O) groups is 2. The predicted octanol–water partition coefficient (Wildman–Crippen LogP) is 0.515. The van der Waals surface area contributed by atoms with Crippen LogP contribution in [0.1, 0.15) is 17.9 Å². The van der Waals surface area contributed by atoms with Crippen LogP contribution in [0, 0.1) is 13.8 Å². The van der Waals surface area contributed by atoms with Crippen LogP contribution in [-0.4, -0.2) is 81.0 Å². The van der Waals surface area contributed by atoms with Gasteiger partial charge in [-0.3, -0.25) is 9.59 Å². The molecule has 1 aromatic carbocycles. The number of ether oxygens (including phenoxy) is 1. The number of sulfonamides is 1. The highest BCUT2D eigenvalue weighted by molar-refractivity contribution is 7.89. The van der Waals surface area contributed by atoms with E-state index in [2.05, 4.69) is 5.16 Å². The van der Waals surface area contributed by atoms with E-state index in [1.807, 2.05) is 0 Å². The van der Waals surface area contributed by atoms with Gasteiger partial charge in [-0.15, -0.1) is 0 Å². The predicted molar refractivity (Wildman–Crippen MR) is 120 cm³/mol. The zero-order valence-corrected chi connectivity index (χ0v) is 19.8. The summed E-state index contributed by atoms with van der Waals surface area (Å²) in [6, 6.07) is 7.16. The third kappa shape index (κ3) is 5.63. The highest BCUT2D eigenvalue weighted by Gasteiger charge is 2.34. The van der Waals surface area contributed by atoms with Crippen molar-refractivity contribution in [2.24, 2.45) is 5.73 Å². The minimum Gasteiger partial charge on any atom is -0.497 e. The molecule has 0 saturated carbocycles. The van der Waals surface area contributed by atoms with Gasteiger partial charge in [0.25, 0.3) is 0 Å². The number of piperazine rings is 1. The smallest absolute Gasteiger partial charge is 0.248 e. The Bertz CT molecular complexity index is 1070. The number of aryl methyl sites for hydroxylation is 2. The van der Waals surface area contributed by atoms with Gasteiger partial charge < -0.3 is 24.8 Å². The second-order valence-corrected chi connectivity index (χ2v) is 9.65. The Morgan fingerprint density at radius 2 is 1.79 bits per heavy atom. The highest BCUT2D eigenvalue weighted by atomic mass is 32.2. The van der Waals surface area contributed by atoms with Gasteiger partial charge in [-0.2, -0.15) is 4.31 Å². The monoisotopic (exact) mass is 479 g/mol. The Hall–Kier alpha value is -3.12. The average Bonchev–Trinajstić information content (AvgIpc) is 3.15. The first-order valence-corrected chi connectivity index (χ1v) is 12.0. The van der Waals surface area contributed by atoms with Crippen LogP contribution >= 0.6 is 0 Å². The van der Waals surface area contributed by atoms with E-state index >= 15 is 0 Å². The first kappa shape index (κ1) is 24.5. The number of anilines is 1. The van der Waals surface area contributed by atoms with E-state index in [1.165, 1.54) is 4.31 Å². The van der Waals surface area contributed by atoms with Crippen molar-refractivity contribution in [1.82, 2.24) is 14.4 Å². The molecule has 2 aromatic rings. The van der Waals surface area contributed by atoms with Gasteiger partial charge in [0.05, 0.1) is 13.7 Å². The maximum atomic E-state index is 13.0. The molecule has 1 aliphatic heterocycles. The minimum absolute atomic E-state index is 0.0379. The number of primary amides is 1. The van der Waals surface area contributed by atoms with Crippen molar-refractivity contribution in [3.05, 3.63) is 35.7 Å². The van der Waals surface area contributed by atoms with Gasteiger partial charge in [0.1, 0.15) is 16.3 Å². The highest BCUT2D eigenvalue weighted by Crippen LogP contribution is 2.24. The van der Waals surface area contributed by atoms with Crippen LogP contribution in [0.2, 0.25) is 0 Å². The third-order valence-corrected chi connectivity index (χ3v) is 7.69. The second-order valence-electron chi connectivity index (χ2n) is 7.77. The van der Waals surface area contributed by atoms with E-state index in [4.69, 9.17) is 15.0 Å². The molecule has 2 heterocycles. The number of aromatic nitrogens is 1. The summed E-state index contributed by atoms with van der Waals surface area (Å²) >= 11 is 0. The normalized spacial score (nSPS) is 14.8. The Morgan fingerprint density at radius 3 is 2.30 bits per heavy atom. The summed E-state index contributed by atoms with van der Waals surface area (Å²) in [5.41, 5.74) is 6.37. The quantitative estimate of drug-likeness (QED) is 0.549. The summed E-state index contributed by atoms with van der Waals surface area (Å²) in [6.07, 6.45) is 0.1000. The molecule has 1 aromatic heterocycles. The van der Waals surface area contributed by atoms with Crippen LogP contribution < -0.4 is 15.4 Å². The average molecular weight is 480 g/mol.